The molecule has 0 amide bonds. The highest BCUT2D eigenvalue weighted by molar-refractivity contribution is 6.62. The van der Waals surface area contributed by atoms with E-state index in [0.717, 1.165) is 5.46 Å². The van der Waals surface area contributed by atoms with Gasteiger partial charge in [-0.2, -0.15) is 0 Å². The second-order valence-corrected chi connectivity index (χ2v) is 5.82. The predicted octanol–water partition coefficient (Wildman–Crippen LogP) is 2.68. The molecule has 0 aliphatic carbocycles. The highest BCUT2D eigenvalue weighted by atomic mass is 19.1. The zero-order valence-electron chi connectivity index (χ0n) is 12.1. The van der Waals surface area contributed by atoms with E-state index in [2.05, 4.69) is 0 Å². The van der Waals surface area contributed by atoms with Crippen LogP contribution >= 0.6 is 0 Å². The van der Waals surface area contributed by atoms with Crippen LogP contribution in [0.2, 0.25) is 0 Å². The molecule has 0 saturated carbocycles. The third-order valence-electron chi connectivity index (χ3n) is 3.70. The Hall–Kier alpha value is -1.07. The third-order valence-corrected chi connectivity index (χ3v) is 3.70. The largest absolute Gasteiger partial charge is 0.494 e. The van der Waals surface area contributed by atoms with E-state index in [1.807, 2.05) is 39.8 Å². The minimum atomic E-state index is -1.32. The molecule has 104 valence electrons. The molecule has 1 fully saturated rings. The molecule has 1 aromatic rings. The fourth-order valence-corrected chi connectivity index (χ4v) is 1.87. The van der Waals surface area contributed by atoms with Crippen molar-refractivity contribution in [3.05, 3.63) is 24.3 Å². The van der Waals surface area contributed by atoms with Gasteiger partial charge in [0.1, 0.15) is 5.75 Å². The predicted molar refractivity (Wildman–Crippen MR) is 73.4 cm³/mol. The monoisotopic (exact) mass is 266 g/mol. The number of rotatable bonds is 3. The van der Waals surface area contributed by atoms with Crippen LogP contribution in [0.5, 0.6) is 5.75 Å². The number of ether oxygens (including phenoxy) is 1. The summed E-state index contributed by atoms with van der Waals surface area (Å²) in [5.74, 6) is 0.496. The van der Waals surface area contributed by atoms with Crippen molar-refractivity contribution < 1.29 is 18.4 Å². The van der Waals surface area contributed by atoms with Gasteiger partial charge in [0.25, 0.3) is 0 Å². The van der Waals surface area contributed by atoms with Crippen LogP contribution in [0.4, 0.5) is 4.39 Å². The van der Waals surface area contributed by atoms with Crippen LogP contribution in [0.15, 0.2) is 24.3 Å². The first kappa shape index (κ1) is 14.3. The standard InChI is InChI=1S/C14H20BFO3/c1-10(16)17-12-8-6-11(7-9-12)15-18-13(2,3)14(4,5)19-15/h6-10H,1-5H3. The van der Waals surface area contributed by atoms with Crippen molar-refractivity contribution >= 4 is 12.6 Å². The maximum absolute atomic E-state index is 12.7. The summed E-state index contributed by atoms with van der Waals surface area (Å²) in [5.41, 5.74) is 0.179. The van der Waals surface area contributed by atoms with Crippen LogP contribution in [0.25, 0.3) is 0 Å². The van der Waals surface area contributed by atoms with Crippen molar-refractivity contribution in [1.29, 1.82) is 0 Å². The first-order chi connectivity index (χ1) is 8.71. The number of hydrogen-bond acceptors (Lipinski definition) is 3. The molecule has 0 aromatic heterocycles. The average Bonchev–Trinajstić information content (AvgIpc) is 2.48. The van der Waals surface area contributed by atoms with Gasteiger partial charge in [-0.05, 0) is 45.3 Å². The van der Waals surface area contributed by atoms with Crippen molar-refractivity contribution in [2.45, 2.75) is 52.2 Å². The molecule has 0 N–H and O–H groups in total. The molecule has 19 heavy (non-hydrogen) atoms. The SMILES string of the molecule is CC(F)Oc1ccc(B2OC(C)(C)C(C)(C)O2)cc1. The van der Waals surface area contributed by atoms with E-state index in [4.69, 9.17) is 14.0 Å². The molecule has 0 bridgehead atoms. The molecule has 1 unspecified atom stereocenters. The molecule has 1 aliphatic heterocycles. The summed E-state index contributed by atoms with van der Waals surface area (Å²) >= 11 is 0. The lowest BCUT2D eigenvalue weighted by molar-refractivity contribution is 0.00578. The van der Waals surface area contributed by atoms with E-state index >= 15 is 0 Å². The van der Waals surface area contributed by atoms with Crippen LogP contribution in [0.1, 0.15) is 34.6 Å². The molecular weight excluding hydrogens is 246 g/mol. The molecule has 1 aromatic carbocycles. The fourth-order valence-electron chi connectivity index (χ4n) is 1.87. The van der Waals surface area contributed by atoms with Crippen molar-refractivity contribution in [3.63, 3.8) is 0 Å². The zero-order chi connectivity index (χ0) is 14.3. The number of halogens is 1. The van der Waals surface area contributed by atoms with Crippen molar-refractivity contribution in [3.8, 4) is 5.75 Å². The van der Waals surface area contributed by atoms with Crippen LogP contribution in [-0.2, 0) is 9.31 Å². The lowest BCUT2D eigenvalue weighted by Gasteiger charge is -2.32. The Morgan fingerprint density at radius 1 is 1.05 bits per heavy atom. The maximum Gasteiger partial charge on any atom is 0.494 e. The van der Waals surface area contributed by atoms with E-state index in [1.54, 1.807) is 12.1 Å². The van der Waals surface area contributed by atoms with E-state index < -0.39 is 13.5 Å². The van der Waals surface area contributed by atoms with Crippen LogP contribution in [0, 0.1) is 0 Å². The highest BCUT2D eigenvalue weighted by Gasteiger charge is 2.51. The summed E-state index contributed by atoms with van der Waals surface area (Å²) in [6.45, 7) is 9.39. The second kappa shape index (κ2) is 4.80. The third kappa shape index (κ3) is 2.93. The van der Waals surface area contributed by atoms with E-state index in [9.17, 15) is 4.39 Å². The highest BCUT2D eigenvalue weighted by Crippen LogP contribution is 2.36. The summed E-state index contributed by atoms with van der Waals surface area (Å²) in [5, 5.41) is 0. The van der Waals surface area contributed by atoms with Crippen LogP contribution in [-0.4, -0.2) is 24.7 Å². The van der Waals surface area contributed by atoms with E-state index in [1.165, 1.54) is 6.92 Å². The molecule has 2 rings (SSSR count). The Bertz CT molecular complexity index is 427. The smallest absolute Gasteiger partial charge is 0.461 e. The lowest BCUT2D eigenvalue weighted by Crippen LogP contribution is -2.41. The molecule has 3 nitrogen and oxygen atoms in total. The average molecular weight is 266 g/mol. The number of hydrogen-bond donors (Lipinski definition) is 0. The normalized spacial score (nSPS) is 22.3. The van der Waals surface area contributed by atoms with Gasteiger partial charge in [0, 0.05) is 6.92 Å². The van der Waals surface area contributed by atoms with Crippen molar-refractivity contribution in [1.82, 2.24) is 0 Å². The van der Waals surface area contributed by atoms with Gasteiger partial charge in [-0.3, -0.25) is 0 Å². The van der Waals surface area contributed by atoms with Gasteiger partial charge in [-0.15, -0.1) is 0 Å². The number of alkyl halides is 1. The van der Waals surface area contributed by atoms with Crippen molar-refractivity contribution in [2.24, 2.45) is 0 Å². The first-order valence-corrected chi connectivity index (χ1v) is 6.48. The van der Waals surface area contributed by atoms with Gasteiger partial charge in [0.2, 0.25) is 6.36 Å². The zero-order valence-corrected chi connectivity index (χ0v) is 12.1. The quantitative estimate of drug-likeness (QED) is 0.787. The molecule has 1 saturated heterocycles. The fraction of sp³-hybridized carbons (Fsp3) is 0.571. The van der Waals surface area contributed by atoms with Crippen molar-refractivity contribution in [2.75, 3.05) is 0 Å². The van der Waals surface area contributed by atoms with Gasteiger partial charge < -0.3 is 14.0 Å². The molecule has 0 spiro atoms. The Balaban J connectivity index is 2.12. The van der Waals surface area contributed by atoms with E-state index in [-0.39, 0.29) is 11.2 Å². The maximum atomic E-state index is 12.7. The summed E-state index contributed by atoms with van der Waals surface area (Å²) in [4.78, 5) is 0. The molecule has 0 radical (unpaired) electrons. The lowest BCUT2D eigenvalue weighted by atomic mass is 9.79. The van der Waals surface area contributed by atoms with Crippen LogP contribution < -0.4 is 10.2 Å². The number of benzene rings is 1. The summed E-state index contributed by atoms with van der Waals surface area (Å²) in [6, 6.07) is 7.10. The van der Waals surface area contributed by atoms with Gasteiger partial charge in [0.15, 0.2) is 0 Å². The Labute approximate surface area is 114 Å². The Kier molecular flexibility index (Phi) is 3.62. The summed E-state index contributed by atoms with van der Waals surface area (Å²) in [7, 11) is -0.401. The van der Waals surface area contributed by atoms with Gasteiger partial charge in [0.05, 0.1) is 11.2 Å². The van der Waals surface area contributed by atoms with Gasteiger partial charge >= 0.3 is 7.12 Å². The van der Waals surface area contributed by atoms with E-state index in [0.29, 0.717) is 5.75 Å². The second-order valence-electron chi connectivity index (χ2n) is 5.82. The van der Waals surface area contributed by atoms with Gasteiger partial charge in [-0.25, -0.2) is 4.39 Å². The van der Waals surface area contributed by atoms with Crippen LogP contribution in [0.3, 0.4) is 0 Å². The summed E-state index contributed by atoms with van der Waals surface area (Å²) < 4.78 is 29.6. The molecule has 1 atom stereocenters. The molecule has 5 heteroatoms. The minimum absolute atomic E-state index is 0.361. The molecule has 1 aliphatic rings. The summed E-state index contributed by atoms with van der Waals surface area (Å²) in [6.07, 6.45) is -1.32. The van der Waals surface area contributed by atoms with Gasteiger partial charge in [-0.1, -0.05) is 12.1 Å². The minimum Gasteiger partial charge on any atom is -0.461 e. The first-order valence-electron chi connectivity index (χ1n) is 6.48. The Morgan fingerprint density at radius 2 is 1.53 bits per heavy atom. The molecule has 1 heterocycles. The Morgan fingerprint density at radius 3 is 1.95 bits per heavy atom. The topological polar surface area (TPSA) is 27.7 Å². The molecular formula is C14H20BFO3.